The van der Waals surface area contributed by atoms with Crippen LogP contribution in [0.25, 0.3) is 11.1 Å². The standard InChI is InChI=1S/C14H14O6S2/c1-21(15,16)19-13-9-5-3-7-11(13)12-8-4-6-10-14(12)20-22(2,17)18/h3-10H,1-2H3. The lowest BCUT2D eigenvalue weighted by Crippen LogP contribution is -2.08. The second kappa shape index (κ2) is 5.98. The van der Waals surface area contributed by atoms with Crippen molar-refractivity contribution in [3.8, 4) is 22.6 Å². The molecule has 0 fully saturated rings. The summed E-state index contributed by atoms with van der Waals surface area (Å²) in [5, 5.41) is 0. The largest absolute Gasteiger partial charge is 0.382 e. The van der Waals surface area contributed by atoms with Gasteiger partial charge in [0.15, 0.2) is 11.5 Å². The van der Waals surface area contributed by atoms with Gasteiger partial charge >= 0.3 is 20.2 Å². The van der Waals surface area contributed by atoms with Gasteiger partial charge in [-0.15, -0.1) is 0 Å². The second-order valence-electron chi connectivity index (χ2n) is 4.57. The van der Waals surface area contributed by atoms with E-state index in [0.29, 0.717) is 11.1 Å². The molecule has 0 aliphatic carbocycles. The maximum Gasteiger partial charge on any atom is 0.306 e. The molecule has 118 valence electrons. The summed E-state index contributed by atoms with van der Waals surface area (Å²) in [7, 11) is -7.43. The Morgan fingerprint density at radius 2 is 0.955 bits per heavy atom. The summed E-state index contributed by atoms with van der Waals surface area (Å²) < 4.78 is 55.3. The van der Waals surface area contributed by atoms with Crippen LogP contribution < -0.4 is 8.37 Å². The normalized spacial score (nSPS) is 11.9. The molecule has 22 heavy (non-hydrogen) atoms. The smallest absolute Gasteiger partial charge is 0.306 e. The van der Waals surface area contributed by atoms with E-state index in [2.05, 4.69) is 0 Å². The third-order valence-electron chi connectivity index (χ3n) is 2.55. The zero-order valence-electron chi connectivity index (χ0n) is 11.9. The van der Waals surface area contributed by atoms with Crippen molar-refractivity contribution in [2.45, 2.75) is 0 Å². The average molecular weight is 342 g/mol. The first-order valence-electron chi connectivity index (χ1n) is 6.13. The van der Waals surface area contributed by atoms with Crippen molar-refractivity contribution in [1.82, 2.24) is 0 Å². The maximum absolute atomic E-state index is 11.3. The molecule has 0 bridgehead atoms. The van der Waals surface area contributed by atoms with Crippen LogP contribution in [0.5, 0.6) is 11.5 Å². The molecule has 0 atom stereocenters. The van der Waals surface area contributed by atoms with E-state index in [0.717, 1.165) is 12.5 Å². The lowest BCUT2D eigenvalue weighted by molar-refractivity contribution is 0.488. The van der Waals surface area contributed by atoms with Gasteiger partial charge in [0.25, 0.3) is 0 Å². The lowest BCUT2D eigenvalue weighted by atomic mass is 10.0. The molecule has 6 nitrogen and oxygen atoms in total. The fourth-order valence-corrected chi connectivity index (χ4v) is 2.79. The fourth-order valence-electron chi connectivity index (χ4n) is 1.85. The van der Waals surface area contributed by atoms with Crippen LogP contribution in [0, 0.1) is 0 Å². The molecule has 2 aromatic carbocycles. The summed E-state index contributed by atoms with van der Waals surface area (Å²) in [6.07, 6.45) is 1.87. The Labute approximate surface area is 129 Å². The first kappa shape index (κ1) is 16.3. The minimum absolute atomic E-state index is 0.0922. The van der Waals surface area contributed by atoms with Crippen LogP contribution in [0.2, 0.25) is 0 Å². The van der Waals surface area contributed by atoms with E-state index in [1.165, 1.54) is 12.1 Å². The van der Waals surface area contributed by atoms with Crippen molar-refractivity contribution in [3.05, 3.63) is 48.5 Å². The molecule has 0 aliphatic rings. The molecule has 0 saturated carbocycles. The Hall–Kier alpha value is -2.06. The van der Waals surface area contributed by atoms with E-state index in [4.69, 9.17) is 8.37 Å². The predicted molar refractivity (Wildman–Crippen MR) is 82.8 cm³/mol. The molecule has 8 heteroatoms. The molecule has 0 saturated heterocycles. The number of hydrogen-bond acceptors (Lipinski definition) is 6. The summed E-state index contributed by atoms with van der Waals surface area (Å²) in [5.41, 5.74) is 0.819. The van der Waals surface area contributed by atoms with E-state index < -0.39 is 20.2 Å². The van der Waals surface area contributed by atoms with Gasteiger partial charge in [-0.2, -0.15) is 16.8 Å². The molecule has 0 aliphatic heterocycles. The van der Waals surface area contributed by atoms with E-state index in [1.807, 2.05) is 0 Å². The van der Waals surface area contributed by atoms with E-state index in [1.54, 1.807) is 36.4 Å². The van der Waals surface area contributed by atoms with Crippen molar-refractivity contribution in [2.75, 3.05) is 12.5 Å². The van der Waals surface area contributed by atoms with Gasteiger partial charge in [0.05, 0.1) is 12.5 Å². The van der Waals surface area contributed by atoms with Crippen molar-refractivity contribution in [3.63, 3.8) is 0 Å². The van der Waals surface area contributed by atoms with Crippen LogP contribution >= 0.6 is 0 Å². The van der Waals surface area contributed by atoms with Crippen LogP contribution in [-0.2, 0) is 20.2 Å². The Morgan fingerprint density at radius 3 is 1.27 bits per heavy atom. The van der Waals surface area contributed by atoms with Crippen LogP contribution in [0.1, 0.15) is 0 Å². The highest BCUT2D eigenvalue weighted by Gasteiger charge is 2.16. The minimum Gasteiger partial charge on any atom is -0.382 e. The Kier molecular flexibility index (Phi) is 4.43. The van der Waals surface area contributed by atoms with Crippen LogP contribution in [-0.4, -0.2) is 29.3 Å². The Bertz CT molecular complexity index is 810. The van der Waals surface area contributed by atoms with E-state index >= 15 is 0 Å². The van der Waals surface area contributed by atoms with Crippen molar-refractivity contribution >= 4 is 20.2 Å². The zero-order chi connectivity index (χ0) is 16.4. The topological polar surface area (TPSA) is 86.7 Å². The molecule has 0 radical (unpaired) electrons. The summed E-state index contributed by atoms with van der Waals surface area (Å²) in [6.45, 7) is 0. The van der Waals surface area contributed by atoms with Gasteiger partial charge in [-0.25, -0.2) is 0 Å². The molecule has 0 unspecified atom stereocenters. The maximum atomic E-state index is 11.3. The average Bonchev–Trinajstić information content (AvgIpc) is 2.36. The van der Waals surface area contributed by atoms with Crippen molar-refractivity contribution < 1.29 is 25.2 Å². The highest BCUT2D eigenvalue weighted by Crippen LogP contribution is 2.37. The highest BCUT2D eigenvalue weighted by atomic mass is 32.2. The Balaban J connectivity index is 2.58. The fraction of sp³-hybridized carbons (Fsp3) is 0.143. The van der Waals surface area contributed by atoms with Crippen LogP contribution in [0.3, 0.4) is 0 Å². The summed E-state index contributed by atoms with van der Waals surface area (Å²) in [4.78, 5) is 0. The SMILES string of the molecule is CS(=O)(=O)Oc1ccccc1-c1ccccc1OS(C)(=O)=O. The van der Waals surface area contributed by atoms with Gasteiger partial charge in [-0.3, -0.25) is 0 Å². The molecule has 2 aromatic rings. The van der Waals surface area contributed by atoms with Gasteiger partial charge < -0.3 is 8.37 Å². The molecule has 0 heterocycles. The van der Waals surface area contributed by atoms with E-state index in [-0.39, 0.29) is 11.5 Å². The molecule has 0 aromatic heterocycles. The van der Waals surface area contributed by atoms with Gasteiger partial charge in [0, 0.05) is 11.1 Å². The monoisotopic (exact) mass is 342 g/mol. The minimum atomic E-state index is -3.71. The predicted octanol–water partition coefficient (Wildman–Crippen LogP) is 2.03. The number of para-hydroxylation sites is 2. The quantitative estimate of drug-likeness (QED) is 0.773. The number of hydrogen-bond donors (Lipinski definition) is 0. The van der Waals surface area contributed by atoms with Crippen molar-refractivity contribution in [2.24, 2.45) is 0 Å². The third kappa shape index (κ3) is 4.47. The lowest BCUT2D eigenvalue weighted by Gasteiger charge is -2.13. The highest BCUT2D eigenvalue weighted by molar-refractivity contribution is 7.86. The first-order valence-corrected chi connectivity index (χ1v) is 9.76. The number of benzene rings is 2. The van der Waals surface area contributed by atoms with E-state index in [9.17, 15) is 16.8 Å². The van der Waals surface area contributed by atoms with Crippen LogP contribution in [0.15, 0.2) is 48.5 Å². The Morgan fingerprint density at radius 1 is 0.636 bits per heavy atom. The van der Waals surface area contributed by atoms with Crippen LogP contribution in [0.4, 0.5) is 0 Å². The van der Waals surface area contributed by atoms with Gasteiger partial charge in [-0.1, -0.05) is 36.4 Å². The van der Waals surface area contributed by atoms with Gasteiger partial charge in [0.1, 0.15) is 0 Å². The molecule has 2 rings (SSSR count). The second-order valence-corrected chi connectivity index (χ2v) is 7.72. The summed E-state index contributed by atoms with van der Waals surface area (Å²) in [6, 6.07) is 12.8. The molecular formula is C14H14O6S2. The van der Waals surface area contributed by atoms with Crippen molar-refractivity contribution in [1.29, 1.82) is 0 Å². The van der Waals surface area contributed by atoms with Gasteiger partial charge in [-0.05, 0) is 12.1 Å². The molecule has 0 amide bonds. The molecule has 0 spiro atoms. The number of rotatable bonds is 5. The third-order valence-corrected chi connectivity index (χ3v) is 3.51. The van der Waals surface area contributed by atoms with Gasteiger partial charge in [0.2, 0.25) is 0 Å². The zero-order valence-corrected chi connectivity index (χ0v) is 13.5. The summed E-state index contributed by atoms with van der Waals surface area (Å²) in [5.74, 6) is 0.184. The first-order chi connectivity index (χ1) is 10.2. The summed E-state index contributed by atoms with van der Waals surface area (Å²) >= 11 is 0. The molecular weight excluding hydrogens is 328 g/mol. The molecule has 0 N–H and O–H groups in total.